The third-order valence-electron chi connectivity index (χ3n) is 9.74. The second-order valence-corrected chi connectivity index (χ2v) is 13.2. The molecule has 7 rings (SSSR count). The van der Waals surface area contributed by atoms with Crippen molar-refractivity contribution in [1.82, 2.24) is 0 Å². The lowest BCUT2D eigenvalue weighted by Gasteiger charge is -2.44. The third-order valence-corrected chi connectivity index (χ3v) is 9.74. The average molecular weight is 915 g/mol. The molecule has 0 unspecified atom stereocenters. The SMILES string of the molecule is Fc1c(F)c(F)c([B-](c2c(F)c(F)c(F)c(F)c2F)(c2c(F)c(F)c(F)c(F)c2F)c2c(F)c(F)c(F)c(F)c2F)c(F)c1F.Oc1cc2ccccc2[n+](Cc2ccccc2)c1. The molecule has 1 aromatic heterocycles. The van der Waals surface area contributed by atoms with Crippen LogP contribution in [0.4, 0.5) is 87.8 Å². The van der Waals surface area contributed by atoms with Gasteiger partial charge >= 0.3 is 0 Å². The molecule has 0 spiro atoms. The average Bonchev–Trinajstić information content (AvgIpc) is 3.26. The molecule has 0 atom stereocenters. The van der Waals surface area contributed by atoms with Crippen molar-refractivity contribution < 1.29 is 97.5 Å². The fourth-order valence-corrected chi connectivity index (χ4v) is 7.08. The van der Waals surface area contributed by atoms with Crippen LogP contribution in [0.15, 0.2) is 66.9 Å². The number of nitrogens with zero attached hydrogens (tertiary/aromatic N) is 1. The number of fused-ring (bicyclic) bond motifs is 1. The number of hydrogen-bond donors (Lipinski definition) is 1. The summed E-state index contributed by atoms with van der Waals surface area (Å²) >= 11 is 0. The van der Waals surface area contributed by atoms with E-state index >= 15 is 35.1 Å². The van der Waals surface area contributed by atoms with Gasteiger partial charge in [0.2, 0.25) is 11.7 Å². The second-order valence-electron chi connectivity index (χ2n) is 13.2. The minimum atomic E-state index is -7.22. The zero-order chi connectivity index (χ0) is 46.7. The van der Waals surface area contributed by atoms with Crippen LogP contribution in [0.3, 0.4) is 0 Å². The summed E-state index contributed by atoms with van der Waals surface area (Å²) in [6, 6.07) is 20.1. The van der Waals surface area contributed by atoms with Crippen LogP contribution in [0.1, 0.15) is 5.56 Å². The third kappa shape index (κ3) is 7.11. The maximum Gasteiger partial charge on any atom is 0.213 e. The number of hydrogen-bond acceptors (Lipinski definition) is 1. The molecule has 63 heavy (non-hydrogen) atoms. The molecule has 0 radical (unpaired) electrons. The van der Waals surface area contributed by atoms with E-state index in [0.717, 1.165) is 17.4 Å². The van der Waals surface area contributed by atoms with Crippen molar-refractivity contribution in [2.75, 3.05) is 0 Å². The van der Waals surface area contributed by atoms with Gasteiger partial charge in [-0.3, -0.25) is 0 Å². The van der Waals surface area contributed by atoms with Crippen molar-refractivity contribution in [3.63, 3.8) is 0 Å². The first-order valence-corrected chi connectivity index (χ1v) is 16.9. The Morgan fingerprint density at radius 2 is 0.619 bits per heavy atom. The number of pyridine rings is 1. The number of para-hydroxylation sites is 1. The molecular weight excluding hydrogens is 901 g/mol. The van der Waals surface area contributed by atoms with Gasteiger partial charge in [-0.1, -0.05) is 42.5 Å². The fraction of sp³-hybridized carbons (Fsp3) is 0.0250. The molecule has 2 nitrogen and oxygen atoms in total. The predicted octanol–water partition coefficient (Wildman–Crippen LogP) is 8.73. The van der Waals surface area contributed by atoms with Crippen LogP contribution in [0.25, 0.3) is 10.9 Å². The molecule has 0 aliphatic carbocycles. The predicted molar refractivity (Wildman–Crippen MR) is 181 cm³/mol. The van der Waals surface area contributed by atoms with Gasteiger partial charge in [-0.05, 0) is 12.1 Å². The molecule has 0 bridgehead atoms. The van der Waals surface area contributed by atoms with Crippen LogP contribution < -0.4 is 26.4 Å². The molecule has 328 valence electrons. The summed E-state index contributed by atoms with van der Waals surface area (Å²) < 4.78 is 296. The lowest BCUT2D eigenvalue weighted by molar-refractivity contribution is -0.662. The highest BCUT2D eigenvalue weighted by Gasteiger charge is 2.52. The lowest BCUT2D eigenvalue weighted by atomic mass is 9.12. The van der Waals surface area contributed by atoms with Crippen LogP contribution in [0.5, 0.6) is 5.75 Å². The molecular formula is C40H14BF20NO. The Bertz CT molecular complexity index is 2620. The van der Waals surface area contributed by atoms with Crippen molar-refractivity contribution in [3.8, 4) is 5.75 Å². The van der Waals surface area contributed by atoms with Crippen LogP contribution in [0, 0.1) is 116 Å². The molecule has 0 saturated carbocycles. The monoisotopic (exact) mass is 915 g/mol. The van der Waals surface area contributed by atoms with Crippen molar-refractivity contribution in [1.29, 1.82) is 0 Å². The van der Waals surface area contributed by atoms with E-state index in [9.17, 15) is 57.8 Å². The van der Waals surface area contributed by atoms with Gasteiger partial charge < -0.3 is 5.11 Å². The number of halogens is 20. The minimum Gasteiger partial charge on any atom is -0.503 e. The van der Waals surface area contributed by atoms with E-state index in [2.05, 4.69) is 22.8 Å². The lowest BCUT2D eigenvalue weighted by Crippen LogP contribution is -2.81. The summed E-state index contributed by atoms with van der Waals surface area (Å²) in [7, 11) is 0. The Morgan fingerprint density at radius 1 is 0.349 bits per heavy atom. The van der Waals surface area contributed by atoms with E-state index in [1.807, 2.05) is 36.4 Å². The van der Waals surface area contributed by atoms with Crippen LogP contribution in [-0.4, -0.2) is 11.3 Å². The van der Waals surface area contributed by atoms with Gasteiger partial charge in [0.25, 0.3) is 0 Å². The molecule has 0 aliphatic heterocycles. The summed E-state index contributed by atoms with van der Waals surface area (Å²) in [6.45, 7) is 0.760. The number of rotatable bonds is 6. The number of aromatic hydroxyl groups is 1. The first-order chi connectivity index (χ1) is 29.5. The highest BCUT2D eigenvalue weighted by molar-refractivity contribution is 7.20. The molecule has 0 aliphatic rings. The van der Waals surface area contributed by atoms with Crippen molar-refractivity contribution >= 4 is 38.9 Å². The van der Waals surface area contributed by atoms with E-state index in [1.54, 1.807) is 12.3 Å². The normalized spacial score (nSPS) is 11.6. The van der Waals surface area contributed by atoms with Crippen LogP contribution >= 0.6 is 0 Å². The van der Waals surface area contributed by atoms with Gasteiger partial charge in [0.05, 0.1) is 5.39 Å². The van der Waals surface area contributed by atoms with Crippen LogP contribution in [0.2, 0.25) is 0 Å². The van der Waals surface area contributed by atoms with E-state index < -0.39 is 144 Å². The standard InChI is InChI=1S/C24BF20.C16H13NO/c26-5-1(6(27)14(35)21(42)13(5)34)25(2-7(28)15(36)22(43)16(37)8(2)29,3-9(30)17(38)23(44)18(39)10(3)31)4-11(32)19(40)24(45)20(41)12(4)33;18-15-10-14-8-4-5-9-16(14)17(12-15)11-13-6-2-1-3-7-13/h;1-10,12H,11H2/q-1;/p+1. The van der Waals surface area contributed by atoms with E-state index in [4.69, 9.17) is 0 Å². The Balaban J connectivity index is 0.000000302. The fourth-order valence-electron chi connectivity index (χ4n) is 7.08. The highest BCUT2D eigenvalue weighted by atomic mass is 19.2. The Labute approximate surface area is 337 Å². The van der Waals surface area contributed by atoms with Crippen LogP contribution in [-0.2, 0) is 6.54 Å². The molecule has 6 aromatic carbocycles. The Morgan fingerprint density at radius 3 is 0.937 bits per heavy atom. The maximum atomic E-state index is 15.4. The molecule has 0 fully saturated rings. The summed E-state index contributed by atoms with van der Waals surface area (Å²) in [4.78, 5) is 0. The minimum absolute atomic E-state index is 0.296. The van der Waals surface area contributed by atoms with E-state index in [-0.39, 0.29) is 0 Å². The Kier molecular flexibility index (Phi) is 12.2. The molecule has 0 amide bonds. The molecule has 1 N–H and O–H groups in total. The summed E-state index contributed by atoms with van der Waals surface area (Å²) in [5, 5.41) is 10.8. The van der Waals surface area contributed by atoms with Gasteiger partial charge in [-0.15, -0.1) is 21.9 Å². The van der Waals surface area contributed by atoms with Gasteiger partial charge in [-0.25, -0.2) is 87.8 Å². The van der Waals surface area contributed by atoms with Crippen molar-refractivity contribution in [2.24, 2.45) is 0 Å². The molecule has 0 saturated heterocycles. The van der Waals surface area contributed by atoms with E-state index in [1.165, 1.54) is 5.56 Å². The molecule has 7 aromatic rings. The second kappa shape index (κ2) is 16.8. The van der Waals surface area contributed by atoms with Crippen molar-refractivity contribution in [3.05, 3.63) is 189 Å². The number of benzene rings is 6. The molecule has 1 heterocycles. The van der Waals surface area contributed by atoms with Gasteiger partial charge in [0.1, 0.15) is 52.7 Å². The number of aromatic nitrogens is 1. The van der Waals surface area contributed by atoms with Gasteiger partial charge in [0.15, 0.2) is 82.1 Å². The van der Waals surface area contributed by atoms with Gasteiger partial charge in [-0.2, -0.15) is 4.57 Å². The van der Waals surface area contributed by atoms with Crippen molar-refractivity contribution in [2.45, 2.75) is 6.54 Å². The summed E-state index contributed by atoms with van der Waals surface area (Å²) in [5.41, 5.74) is -12.0. The summed E-state index contributed by atoms with van der Waals surface area (Å²) in [6.07, 6.45) is -5.44. The first kappa shape index (κ1) is 45.7. The molecule has 23 heteroatoms. The van der Waals surface area contributed by atoms with E-state index in [0.29, 0.717) is 5.75 Å². The maximum absolute atomic E-state index is 15.4. The smallest absolute Gasteiger partial charge is 0.213 e. The zero-order valence-electron chi connectivity index (χ0n) is 30.1. The largest absolute Gasteiger partial charge is 0.503 e. The first-order valence-electron chi connectivity index (χ1n) is 16.9. The zero-order valence-corrected chi connectivity index (χ0v) is 30.1. The summed E-state index contributed by atoms with van der Waals surface area (Å²) in [5.74, 6) is -71.1. The van der Waals surface area contributed by atoms with Gasteiger partial charge in [0, 0.05) is 11.6 Å². The quantitative estimate of drug-likeness (QED) is 0.0584. The Hall–Kier alpha value is -6.81. The topological polar surface area (TPSA) is 24.1 Å². The highest BCUT2D eigenvalue weighted by Crippen LogP contribution is 2.31.